The van der Waals surface area contributed by atoms with Crippen LogP contribution in [-0.4, -0.2) is 66.0 Å². The summed E-state index contributed by atoms with van der Waals surface area (Å²) >= 11 is 0. The van der Waals surface area contributed by atoms with E-state index in [1.54, 1.807) is 53.7 Å². The van der Waals surface area contributed by atoms with Crippen molar-refractivity contribution in [3.8, 4) is 0 Å². The fraction of sp³-hybridized carbons (Fsp3) is 0.500. The van der Waals surface area contributed by atoms with Gasteiger partial charge in [0.1, 0.15) is 17.8 Å². The van der Waals surface area contributed by atoms with Gasteiger partial charge in [0.25, 0.3) is 5.91 Å². The Morgan fingerprint density at radius 3 is 2.02 bits per heavy atom. The molecule has 16 heteroatoms. The zero-order valence-corrected chi connectivity index (χ0v) is 28.8. The minimum atomic E-state index is -4.80. The summed E-state index contributed by atoms with van der Waals surface area (Å²) < 4.78 is 56.3. The Morgan fingerprint density at radius 2 is 1.40 bits per heavy atom. The molecule has 2 aromatic rings. The molecule has 0 radical (unpaired) electrons. The van der Waals surface area contributed by atoms with Crippen molar-refractivity contribution >= 4 is 35.8 Å². The van der Waals surface area contributed by atoms with Gasteiger partial charge in [-0.25, -0.2) is 14.4 Å². The van der Waals surface area contributed by atoms with E-state index in [1.807, 2.05) is 18.2 Å². The zero-order valence-electron chi connectivity index (χ0n) is 28.8. The van der Waals surface area contributed by atoms with Gasteiger partial charge in [-0.05, 0) is 84.6 Å². The van der Waals surface area contributed by atoms with Crippen LogP contribution in [0.15, 0.2) is 48.5 Å². The topological polar surface area (TPSA) is 173 Å². The van der Waals surface area contributed by atoms with Crippen molar-refractivity contribution in [1.82, 2.24) is 21.3 Å². The summed E-state index contributed by atoms with van der Waals surface area (Å²) in [6, 6.07) is 9.38. The molecule has 5 amide bonds. The maximum Gasteiger partial charge on any atom is 0.416 e. The quantitative estimate of drug-likeness (QED) is 0.208. The van der Waals surface area contributed by atoms with Crippen LogP contribution in [0.25, 0.3) is 0 Å². The van der Waals surface area contributed by atoms with Gasteiger partial charge in [0.05, 0.1) is 35.4 Å². The molecule has 1 saturated carbocycles. The third-order valence-corrected chi connectivity index (χ3v) is 7.07. The first kappa shape index (κ1) is 39.4. The Morgan fingerprint density at radius 1 is 0.760 bits per heavy atom. The summed E-state index contributed by atoms with van der Waals surface area (Å²) in [5, 5.41) is 12.8. The third-order valence-electron chi connectivity index (χ3n) is 7.07. The number of rotatable bonds is 9. The van der Waals surface area contributed by atoms with E-state index in [-0.39, 0.29) is 18.7 Å². The average molecular weight is 708 g/mol. The Bertz CT molecular complexity index is 1520. The number of ether oxygens (including phenoxy) is 3. The van der Waals surface area contributed by atoms with Crippen molar-refractivity contribution in [3.05, 3.63) is 65.2 Å². The molecular weight excluding hydrogens is 663 g/mol. The molecule has 1 fully saturated rings. The lowest BCUT2D eigenvalue weighted by Gasteiger charge is -2.37. The predicted octanol–water partition coefficient (Wildman–Crippen LogP) is 5.64. The van der Waals surface area contributed by atoms with Crippen LogP contribution in [0.1, 0.15) is 82.3 Å². The molecule has 0 aromatic heterocycles. The average Bonchev–Trinajstić information content (AvgIpc) is 2.98. The van der Waals surface area contributed by atoms with Crippen LogP contribution in [0.2, 0.25) is 0 Å². The Kier molecular flexibility index (Phi) is 13.1. The molecule has 0 saturated heterocycles. The minimum absolute atomic E-state index is 0.0446. The lowest BCUT2D eigenvalue weighted by molar-refractivity contribution is -0.137. The maximum atomic E-state index is 13.5. The zero-order chi connectivity index (χ0) is 37.3. The number of halogens is 3. The fourth-order valence-corrected chi connectivity index (χ4v) is 4.97. The number of benzene rings is 2. The van der Waals surface area contributed by atoms with E-state index in [2.05, 4.69) is 26.6 Å². The maximum absolute atomic E-state index is 13.5. The first-order valence-corrected chi connectivity index (χ1v) is 15.9. The molecule has 3 rings (SSSR count). The van der Waals surface area contributed by atoms with E-state index in [1.165, 1.54) is 0 Å². The summed E-state index contributed by atoms with van der Waals surface area (Å²) in [6.07, 6.45) is -6.29. The number of hydrogen-bond acceptors (Lipinski definition) is 8. The first-order valence-electron chi connectivity index (χ1n) is 15.9. The van der Waals surface area contributed by atoms with Gasteiger partial charge in [-0.1, -0.05) is 30.3 Å². The van der Waals surface area contributed by atoms with Crippen molar-refractivity contribution in [3.63, 3.8) is 0 Å². The van der Waals surface area contributed by atoms with Crippen LogP contribution >= 0.6 is 0 Å². The van der Waals surface area contributed by atoms with Crippen molar-refractivity contribution < 1.29 is 51.4 Å². The summed E-state index contributed by atoms with van der Waals surface area (Å²) in [5.41, 5.74) is -2.91. The highest BCUT2D eigenvalue weighted by atomic mass is 19.4. The van der Waals surface area contributed by atoms with Crippen LogP contribution < -0.4 is 26.6 Å². The third kappa shape index (κ3) is 13.5. The molecule has 3 unspecified atom stereocenters. The highest BCUT2D eigenvalue weighted by Crippen LogP contribution is 2.32. The number of alkyl halides is 3. The van der Waals surface area contributed by atoms with Gasteiger partial charge in [-0.2, -0.15) is 13.2 Å². The molecular formula is C34H44F3N5O8. The minimum Gasteiger partial charge on any atom is -0.445 e. The van der Waals surface area contributed by atoms with E-state index < -0.39 is 83.3 Å². The highest BCUT2D eigenvalue weighted by Gasteiger charge is 2.35. The van der Waals surface area contributed by atoms with Crippen LogP contribution in [0.3, 0.4) is 0 Å². The van der Waals surface area contributed by atoms with Crippen LogP contribution in [0, 0.1) is 0 Å². The smallest absolute Gasteiger partial charge is 0.416 e. The van der Waals surface area contributed by atoms with Gasteiger partial charge in [-0.3, -0.25) is 14.9 Å². The number of anilines is 1. The Labute approximate surface area is 288 Å². The molecule has 5 N–H and O–H groups in total. The second kappa shape index (κ2) is 16.6. The van der Waals surface area contributed by atoms with Crippen LogP contribution in [-0.2, 0) is 31.8 Å². The molecule has 0 heterocycles. The number of nitrogens with one attached hydrogen (secondary N) is 5. The standard InChI is InChI=1S/C34H44F3N5O8/c1-32(2,3)49-30(46)41-24-14-12-21(34(35,36)37)16-23(24)28(44)38-18-27(43)40-26-17-22(13-15-25(26)42-31(47)50-33(4,5)6)39-29(45)48-19-20-10-8-7-9-11-20/h7-12,14,16,22,25-26H,13,15,17-19H2,1-6H3,(H,38,44)(H,39,45)(H,40,43)(H,41,46)(H,42,47). The first-order chi connectivity index (χ1) is 23.2. The lowest BCUT2D eigenvalue weighted by atomic mass is 9.86. The van der Waals surface area contributed by atoms with E-state index in [9.17, 15) is 37.1 Å². The molecule has 274 valence electrons. The predicted molar refractivity (Wildman–Crippen MR) is 176 cm³/mol. The van der Waals surface area contributed by atoms with E-state index >= 15 is 0 Å². The summed E-state index contributed by atoms with van der Waals surface area (Å²) in [4.78, 5) is 63.6. The molecule has 50 heavy (non-hydrogen) atoms. The molecule has 0 bridgehead atoms. The summed E-state index contributed by atoms with van der Waals surface area (Å²) in [7, 11) is 0. The molecule has 0 spiro atoms. The van der Waals surface area contributed by atoms with Gasteiger partial charge >= 0.3 is 24.5 Å². The van der Waals surface area contributed by atoms with Gasteiger partial charge < -0.3 is 35.5 Å². The second-order valence-corrected chi connectivity index (χ2v) is 13.7. The number of amides is 5. The Hall–Kier alpha value is -5.02. The molecule has 2 aromatic carbocycles. The van der Waals surface area contributed by atoms with Gasteiger partial charge in [0.2, 0.25) is 5.91 Å². The highest BCUT2D eigenvalue weighted by molar-refractivity contribution is 6.04. The van der Waals surface area contributed by atoms with Crippen molar-refractivity contribution in [2.24, 2.45) is 0 Å². The second-order valence-electron chi connectivity index (χ2n) is 13.7. The molecule has 3 atom stereocenters. The molecule has 1 aliphatic rings. The van der Waals surface area contributed by atoms with Crippen molar-refractivity contribution in [1.29, 1.82) is 0 Å². The van der Waals surface area contributed by atoms with Gasteiger partial charge in [0, 0.05) is 6.04 Å². The summed E-state index contributed by atoms with van der Waals surface area (Å²) in [5.74, 6) is -1.81. The normalized spacial score (nSPS) is 17.8. The van der Waals surface area contributed by atoms with Gasteiger partial charge in [0.15, 0.2) is 0 Å². The van der Waals surface area contributed by atoms with Crippen molar-refractivity contribution in [2.75, 3.05) is 11.9 Å². The number of hydrogen-bond donors (Lipinski definition) is 5. The molecule has 1 aliphatic carbocycles. The SMILES string of the molecule is CC(C)(C)OC(=O)Nc1ccc(C(F)(F)F)cc1C(=O)NCC(=O)NC1CC(NC(=O)OCc2ccccc2)CCC1NC(=O)OC(C)(C)C. The number of alkyl carbamates (subject to hydrolysis) is 2. The molecule has 0 aliphatic heterocycles. The monoisotopic (exact) mass is 707 g/mol. The van der Waals surface area contributed by atoms with Crippen LogP contribution in [0.5, 0.6) is 0 Å². The van der Waals surface area contributed by atoms with Gasteiger partial charge in [-0.15, -0.1) is 0 Å². The fourth-order valence-electron chi connectivity index (χ4n) is 4.97. The summed E-state index contributed by atoms with van der Waals surface area (Å²) in [6.45, 7) is 9.20. The van der Waals surface area contributed by atoms with E-state index in [0.717, 1.165) is 11.6 Å². The largest absolute Gasteiger partial charge is 0.445 e. The van der Waals surface area contributed by atoms with Crippen molar-refractivity contribution in [2.45, 2.75) is 103 Å². The number of carbonyl (C=O) groups is 5. The van der Waals surface area contributed by atoms with E-state index in [0.29, 0.717) is 25.0 Å². The molecule has 13 nitrogen and oxygen atoms in total. The Balaban J connectivity index is 1.70. The van der Waals surface area contributed by atoms with Crippen LogP contribution in [0.4, 0.5) is 33.2 Å². The number of carbonyl (C=O) groups excluding carboxylic acids is 5. The van der Waals surface area contributed by atoms with E-state index in [4.69, 9.17) is 14.2 Å². The lowest BCUT2D eigenvalue weighted by Crippen LogP contribution is -2.59.